The number of fused-ring (bicyclic) bond motifs is 7. The predicted molar refractivity (Wildman–Crippen MR) is 280 cm³/mol. The number of rotatable bonds is 20. The lowest BCUT2D eigenvalue weighted by Gasteiger charge is -2.71. The average molecular weight is 1120 g/mol. The van der Waals surface area contributed by atoms with Crippen molar-refractivity contribution < 1.29 is 98.7 Å². The summed E-state index contributed by atoms with van der Waals surface area (Å²) in [7, 11) is 0. The fourth-order valence-electron chi connectivity index (χ4n) is 16.6. The van der Waals surface area contributed by atoms with Gasteiger partial charge < -0.3 is 89.6 Å². The van der Waals surface area contributed by atoms with Crippen LogP contribution in [0.3, 0.4) is 0 Å². The van der Waals surface area contributed by atoms with Gasteiger partial charge in [0.2, 0.25) is 12.2 Å². The summed E-state index contributed by atoms with van der Waals surface area (Å²) in [6.07, 6.45) is -8.33. The van der Waals surface area contributed by atoms with Crippen LogP contribution in [-0.4, -0.2) is 187 Å². The number of aliphatic hydroxyl groups is 9. The first-order chi connectivity index (χ1) is 37.3. The summed E-state index contributed by atoms with van der Waals surface area (Å²) in [4.78, 5) is 52.8. The molecule has 11 N–H and O–H groups in total. The van der Waals surface area contributed by atoms with Crippen LogP contribution in [0.25, 0.3) is 0 Å². The number of hydrogen-bond donors (Lipinski definition) is 11. The van der Waals surface area contributed by atoms with Gasteiger partial charge in [0.1, 0.15) is 60.5 Å². The highest BCUT2D eigenvalue weighted by Gasteiger charge is 2.72. The molecule has 7 fully saturated rings. The molecule has 0 aromatic heterocycles. The summed E-state index contributed by atoms with van der Waals surface area (Å²) in [6, 6.07) is -1.36. The first-order valence-electron chi connectivity index (χ1n) is 29.5. The van der Waals surface area contributed by atoms with Gasteiger partial charge in [-0.2, -0.15) is 0 Å². The van der Waals surface area contributed by atoms with E-state index in [1.165, 1.54) is 6.92 Å². The van der Waals surface area contributed by atoms with Crippen LogP contribution in [0.2, 0.25) is 0 Å². The van der Waals surface area contributed by atoms with Crippen molar-refractivity contribution in [2.45, 2.75) is 262 Å². The molecule has 0 aromatic rings. The zero-order valence-corrected chi connectivity index (χ0v) is 47.1. The van der Waals surface area contributed by atoms with Crippen LogP contribution >= 0.6 is 0 Å². The SMILES string of the molecule is CC1O[C@@H](OC2C(O)[C@@H](NC(=O)CCCCCCCCCCC(=O)O)C(CO)O[C@H]2OC(=O)[C@]23CC[C@@H](C)CC2C2=CCC4C5(C)CC[C@H](O)[C@](C)(C=O)[C@@H]5CC[C@]4(C)[C@]2(C)CC3O)C(O)C(O)[C@H]1O[C@@H]1OC[C@@H](O)C(O)C1O. The molecule has 4 saturated carbocycles. The van der Waals surface area contributed by atoms with Crippen molar-refractivity contribution in [3.63, 3.8) is 0 Å². The Kier molecular flexibility index (Phi) is 19.6. The predicted octanol–water partition coefficient (Wildman–Crippen LogP) is 2.68. The number of allylic oxidation sites excluding steroid dienone is 2. The minimum absolute atomic E-state index is 0.0415. The number of carboxylic acid groups (broad SMARTS) is 1. The zero-order valence-electron chi connectivity index (χ0n) is 47.1. The Morgan fingerprint density at radius 2 is 1.37 bits per heavy atom. The van der Waals surface area contributed by atoms with Gasteiger partial charge in [-0.25, -0.2) is 0 Å². The number of hydrogen-bond acceptors (Lipinski definition) is 19. The average Bonchev–Trinajstić information content (AvgIpc) is 3.22. The van der Waals surface area contributed by atoms with Crippen molar-refractivity contribution in [3.05, 3.63) is 11.6 Å². The van der Waals surface area contributed by atoms with E-state index in [-0.39, 0.29) is 54.3 Å². The Morgan fingerprint density at radius 3 is 2.03 bits per heavy atom. The molecular weight excluding hydrogens is 1030 g/mol. The quantitative estimate of drug-likeness (QED) is 0.0361. The number of carboxylic acids is 1. The van der Waals surface area contributed by atoms with Crippen molar-refractivity contribution in [3.8, 4) is 0 Å². The summed E-state index contributed by atoms with van der Waals surface area (Å²) >= 11 is 0. The van der Waals surface area contributed by atoms with Gasteiger partial charge in [0.15, 0.2) is 18.7 Å². The Morgan fingerprint density at radius 1 is 0.722 bits per heavy atom. The molecule has 25 atom stereocenters. The summed E-state index contributed by atoms with van der Waals surface area (Å²) in [5, 5.41) is 113. The number of aliphatic hydroxyl groups excluding tert-OH is 9. The minimum atomic E-state index is -1.94. The number of carbonyl (C=O) groups excluding carboxylic acids is 3. The number of carbonyl (C=O) groups is 4. The van der Waals surface area contributed by atoms with Gasteiger partial charge in [-0.05, 0) is 117 Å². The standard InChI is InChI=1S/C58H93NO20/c1-30-19-24-58(33(25-30)32-17-18-37-54(3)22-21-38(63)55(4,29-61)36(54)20-23-56(37,5)57(32,6)26-39(58)64)53(73)79-52-49(78-51-47(72)45(70)48(31(2)75-51)77-50-46(71)43(68)34(62)28-74-50)44(69)42(35(27-60)76-52)59-40(65)15-13-11-9-7-8-10-12-14-16-41(66)67/h17,29-31,33-39,42-52,60,62-64,68-72H,7-16,18-28H2,1-6H3,(H,59,65)(H,66,67)/t30-,31?,33?,34-,35?,36-,37?,38+,39?,42+,43?,44?,45?,46?,47?,48+,49?,50+,51+,52+,54?,55-,56+,57-,58-/m1/s1. The van der Waals surface area contributed by atoms with E-state index in [4.69, 9.17) is 33.5 Å². The maximum Gasteiger partial charge on any atom is 0.317 e. The molecule has 0 bridgehead atoms. The fourth-order valence-corrected chi connectivity index (χ4v) is 16.6. The molecule has 21 heteroatoms. The van der Waals surface area contributed by atoms with Crippen LogP contribution in [0, 0.1) is 50.7 Å². The fraction of sp³-hybridized carbons (Fsp3) is 0.897. The van der Waals surface area contributed by atoms with E-state index in [0.29, 0.717) is 38.5 Å². The molecule has 3 heterocycles. The van der Waals surface area contributed by atoms with Crippen LogP contribution in [0.5, 0.6) is 0 Å². The van der Waals surface area contributed by atoms with Crippen molar-refractivity contribution in [1.29, 1.82) is 0 Å². The molecular formula is C58H93NO20. The van der Waals surface area contributed by atoms with Gasteiger partial charge in [-0.1, -0.05) is 84.8 Å². The Hall–Kier alpha value is -2.74. The molecule has 0 aromatic carbocycles. The number of amides is 1. The Bertz CT molecular complexity index is 2170. The second kappa shape index (κ2) is 24.8. The number of esters is 1. The minimum Gasteiger partial charge on any atom is -0.481 e. The normalized spacial score (nSPS) is 47.8. The number of aldehydes is 1. The molecule has 3 aliphatic heterocycles. The van der Waals surface area contributed by atoms with Crippen LogP contribution in [0.15, 0.2) is 11.6 Å². The lowest BCUT2D eigenvalue weighted by atomic mass is 9.33. The Balaban J connectivity index is 1.03. The highest BCUT2D eigenvalue weighted by Crippen LogP contribution is 2.75. The molecule has 21 nitrogen and oxygen atoms in total. The summed E-state index contributed by atoms with van der Waals surface area (Å²) in [6.45, 7) is 11.1. The molecule has 1 amide bonds. The lowest BCUT2D eigenvalue weighted by molar-refractivity contribution is -0.370. The van der Waals surface area contributed by atoms with Crippen LogP contribution in [-0.2, 0) is 47.6 Å². The number of ether oxygens (including phenoxy) is 6. The second-order valence-corrected chi connectivity index (χ2v) is 26.1. The molecule has 0 radical (unpaired) electrons. The highest BCUT2D eigenvalue weighted by atomic mass is 16.8. The molecule has 5 aliphatic carbocycles. The monoisotopic (exact) mass is 1120 g/mol. The van der Waals surface area contributed by atoms with Gasteiger partial charge >= 0.3 is 11.9 Å². The number of nitrogens with one attached hydrogen (secondary N) is 1. The van der Waals surface area contributed by atoms with E-state index < -0.39 is 151 Å². The topological polar surface area (TPSA) is 338 Å². The second-order valence-electron chi connectivity index (χ2n) is 26.1. The Labute approximate surface area is 464 Å². The molecule has 8 rings (SSSR count). The van der Waals surface area contributed by atoms with E-state index in [2.05, 4.69) is 39.1 Å². The van der Waals surface area contributed by atoms with Crippen molar-refractivity contribution in [2.24, 2.45) is 50.7 Å². The van der Waals surface area contributed by atoms with Gasteiger partial charge in [0.25, 0.3) is 0 Å². The smallest absolute Gasteiger partial charge is 0.317 e. The molecule has 450 valence electrons. The van der Waals surface area contributed by atoms with Gasteiger partial charge in [0, 0.05) is 12.8 Å². The van der Waals surface area contributed by atoms with Gasteiger partial charge in [0.05, 0.1) is 43.0 Å². The summed E-state index contributed by atoms with van der Waals surface area (Å²) in [5.74, 6) is -2.35. The van der Waals surface area contributed by atoms with E-state index in [1.807, 2.05) is 6.92 Å². The summed E-state index contributed by atoms with van der Waals surface area (Å²) < 4.78 is 36.3. The third-order valence-corrected chi connectivity index (χ3v) is 21.5. The molecule has 0 spiro atoms. The van der Waals surface area contributed by atoms with Crippen LogP contribution in [0.1, 0.15) is 164 Å². The maximum atomic E-state index is 15.6. The van der Waals surface area contributed by atoms with Gasteiger partial charge in [-0.3, -0.25) is 14.4 Å². The van der Waals surface area contributed by atoms with E-state index in [0.717, 1.165) is 69.6 Å². The van der Waals surface area contributed by atoms with Crippen molar-refractivity contribution in [2.75, 3.05) is 13.2 Å². The number of aliphatic carboxylic acids is 1. The van der Waals surface area contributed by atoms with E-state index in [9.17, 15) is 60.3 Å². The van der Waals surface area contributed by atoms with Crippen molar-refractivity contribution >= 4 is 24.1 Å². The summed E-state index contributed by atoms with van der Waals surface area (Å²) in [5.41, 5.74) is -2.55. The largest absolute Gasteiger partial charge is 0.481 e. The third kappa shape index (κ3) is 11.5. The molecule has 79 heavy (non-hydrogen) atoms. The maximum absolute atomic E-state index is 15.6. The molecule has 3 saturated heterocycles. The highest BCUT2D eigenvalue weighted by molar-refractivity contribution is 5.80. The van der Waals surface area contributed by atoms with E-state index in [1.54, 1.807) is 0 Å². The van der Waals surface area contributed by atoms with Gasteiger partial charge in [-0.15, -0.1) is 0 Å². The lowest BCUT2D eigenvalue weighted by Crippen LogP contribution is -2.69. The third-order valence-electron chi connectivity index (χ3n) is 21.5. The first-order valence-corrected chi connectivity index (χ1v) is 29.5. The van der Waals surface area contributed by atoms with E-state index >= 15 is 4.79 Å². The van der Waals surface area contributed by atoms with Crippen LogP contribution < -0.4 is 5.32 Å². The zero-order chi connectivity index (χ0) is 57.6. The van der Waals surface area contributed by atoms with Crippen LogP contribution in [0.4, 0.5) is 0 Å². The molecule has 8 aliphatic rings. The molecule has 12 unspecified atom stereocenters. The number of unbranched alkanes of at least 4 members (excludes halogenated alkanes) is 7. The first kappa shape index (κ1) is 62.3. The van der Waals surface area contributed by atoms with Crippen molar-refractivity contribution in [1.82, 2.24) is 5.32 Å².